The van der Waals surface area contributed by atoms with E-state index >= 15 is 0 Å². The Labute approximate surface area is 185 Å². The molecule has 5 nitrogen and oxygen atoms in total. The van der Waals surface area contributed by atoms with Crippen molar-refractivity contribution in [1.82, 2.24) is 5.01 Å². The molecule has 6 heteroatoms. The maximum atomic E-state index is 13.0. The zero-order valence-corrected chi connectivity index (χ0v) is 17.5. The number of halogens is 1. The molecule has 2 aromatic rings. The van der Waals surface area contributed by atoms with E-state index in [1.54, 1.807) is 6.21 Å². The lowest BCUT2D eigenvalue weighted by Gasteiger charge is -2.37. The van der Waals surface area contributed by atoms with Gasteiger partial charge in [-0.3, -0.25) is 9.59 Å². The second kappa shape index (κ2) is 7.06. The Kier molecular flexibility index (Phi) is 4.29. The molecule has 4 aliphatic carbocycles. The van der Waals surface area contributed by atoms with E-state index < -0.39 is 0 Å². The van der Waals surface area contributed by atoms with Gasteiger partial charge in [0.1, 0.15) is 12.4 Å². The molecule has 0 unspecified atom stereocenters. The largest absolute Gasteiger partial charge is 0.489 e. The Balaban J connectivity index is 1.13. The van der Waals surface area contributed by atoms with Crippen molar-refractivity contribution in [3.63, 3.8) is 0 Å². The van der Waals surface area contributed by atoms with Crippen LogP contribution in [0.1, 0.15) is 17.5 Å². The van der Waals surface area contributed by atoms with Gasteiger partial charge in [0.15, 0.2) is 0 Å². The average Bonchev–Trinajstić information content (AvgIpc) is 3.57. The van der Waals surface area contributed by atoms with Crippen LogP contribution in [0.15, 0.2) is 65.8 Å². The Morgan fingerprint density at radius 2 is 1.61 bits per heavy atom. The molecule has 1 saturated heterocycles. The molecule has 6 atom stereocenters. The van der Waals surface area contributed by atoms with Gasteiger partial charge in [-0.1, -0.05) is 42.0 Å². The molecule has 2 amide bonds. The number of carbonyl (C=O) groups excluding carboxylic acids is 2. The number of hydrogen-bond donors (Lipinski definition) is 0. The molecule has 31 heavy (non-hydrogen) atoms. The van der Waals surface area contributed by atoms with Crippen LogP contribution >= 0.6 is 11.6 Å². The number of rotatable bonds is 5. The fraction of sp³-hybridized carbons (Fsp3) is 0.320. The van der Waals surface area contributed by atoms with Crippen molar-refractivity contribution in [2.75, 3.05) is 0 Å². The summed E-state index contributed by atoms with van der Waals surface area (Å²) in [5.41, 5.74) is 1.72. The standard InChI is InChI=1S/C25H21ClN2O3/c26-21-4-2-1-3-15(21)13-31-16-7-5-14(6-8-16)12-27-28-24(29)22-17-9-10-18(20-11-19(17)20)23(22)25(28)30/h1-10,12,17-20,22-23H,11,13H2/b27-12-/t17-,18-,19-,20+,22+,23+/m0/s1. The fourth-order valence-corrected chi connectivity index (χ4v) is 5.80. The Morgan fingerprint density at radius 3 is 2.26 bits per heavy atom. The second-order valence-electron chi connectivity index (χ2n) is 8.84. The predicted molar refractivity (Wildman–Crippen MR) is 116 cm³/mol. The van der Waals surface area contributed by atoms with Crippen molar-refractivity contribution in [2.24, 2.45) is 40.6 Å². The van der Waals surface area contributed by atoms with Gasteiger partial charge in [0.25, 0.3) is 11.8 Å². The van der Waals surface area contributed by atoms with E-state index in [2.05, 4.69) is 17.3 Å². The smallest absolute Gasteiger partial charge is 0.254 e. The number of hydrazone groups is 1. The summed E-state index contributed by atoms with van der Waals surface area (Å²) in [7, 11) is 0. The molecule has 5 aliphatic rings. The zero-order valence-electron chi connectivity index (χ0n) is 16.7. The van der Waals surface area contributed by atoms with Crippen molar-refractivity contribution in [2.45, 2.75) is 13.0 Å². The molecule has 2 aromatic carbocycles. The van der Waals surface area contributed by atoms with Crippen LogP contribution in [0.5, 0.6) is 5.75 Å². The SMILES string of the molecule is O=C1[C@@H]2[C@H]3C=C[C@@H]([C@@H]4C[C@H]34)[C@H]2C(=O)N1/N=C\c1ccc(OCc2ccccc2Cl)cc1. The molecule has 2 saturated carbocycles. The molecule has 156 valence electrons. The highest BCUT2D eigenvalue weighted by Gasteiger charge is 2.67. The van der Waals surface area contributed by atoms with Crippen LogP contribution in [0, 0.1) is 35.5 Å². The van der Waals surface area contributed by atoms with E-state index in [0.717, 1.165) is 22.6 Å². The first-order valence-electron chi connectivity index (χ1n) is 10.7. The van der Waals surface area contributed by atoms with E-state index in [-0.39, 0.29) is 35.5 Å². The van der Waals surface area contributed by atoms with Gasteiger partial charge in [0.05, 0.1) is 18.1 Å². The highest BCUT2D eigenvalue weighted by Crippen LogP contribution is 2.65. The number of amides is 2. The third-order valence-electron chi connectivity index (χ3n) is 7.19. The first-order valence-corrected chi connectivity index (χ1v) is 11.1. The van der Waals surface area contributed by atoms with Crippen molar-refractivity contribution < 1.29 is 14.3 Å². The van der Waals surface area contributed by atoms with Crippen LogP contribution in [0.3, 0.4) is 0 Å². The van der Waals surface area contributed by atoms with Gasteiger partial charge >= 0.3 is 0 Å². The van der Waals surface area contributed by atoms with E-state index in [1.807, 2.05) is 48.5 Å². The number of ether oxygens (including phenoxy) is 1. The van der Waals surface area contributed by atoms with E-state index in [1.165, 1.54) is 0 Å². The normalized spacial score (nSPS) is 32.5. The Bertz CT molecular complexity index is 1090. The Hall–Kier alpha value is -2.92. The quantitative estimate of drug-likeness (QED) is 0.402. The molecule has 0 spiro atoms. The number of carbonyl (C=O) groups is 2. The molecule has 2 bridgehead atoms. The molecule has 0 N–H and O–H groups in total. The summed E-state index contributed by atoms with van der Waals surface area (Å²) < 4.78 is 5.79. The van der Waals surface area contributed by atoms with Gasteiger partial charge in [-0.2, -0.15) is 10.1 Å². The van der Waals surface area contributed by atoms with Crippen molar-refractivity contribution in [3.05, 3.63) is 76.8 Å². The lowest BCUT2D eigenvalue weighted by atomic mass is 9.63. The maximum Gasteiger partial charge on any atom is 0.254 e. The monoisotopic (exact) mass is 432 g/mol. The lowest BCUT2D eigenvalue weighted by molar-refractivity contribution is -0.140. The first-order chi connectivity index (χ1) is 15.1. The Morgan fingerprint density at radius 1 is 0.968 bits per heavy atom. The van der Waals surface area contributed by atoms with Gasteiger partial charge in [0, 0.05) is 10.6 Å². The van der Waals surface area contributed by atoms with E-state index in [0.29, 0.717) is 29.2 Å². The summed E-state index contributed by atoms with van der Waals surface area (Å²) in [5, 5.41) is 6.05. The molecular weight excluding hydrogens is 412 g/mol. The van der Waals surface area contributed by atoms with Crippen LogP contribution in [-0.2, 0) is 16.2 Å². The van der Waals surface area contributed by atoms with Crippen LogP contribution < -0.4 is 4.74 Å². The second-order valence-corrected chi connectivity index (χ2v) is 9.24. The highest BCUT2D eigenvalue weighted by molar-refractivity contribution is 6.31. The first kappa shape index (κ1) is 18.8. The number of imide groups is 1. The predicted octanol–water partition coefficient (Wildman–Crippen LogP) is 4.31. The molecule has 0 aromatic heterocycles. The summed E-state index contributed by atoms with van der Waals surface area (Å²) in [6, 6.07) is 14.9. The minimum Gasteiger partial charge on any atom is -0.489 e. The van der Waals surface area contributed by atoms with Crippen LogP contribution in [0.25, 0.3) is 0 Å². The summed E-state index contributed by atoms with van der Waals surface area (Å²) in [4.78, 5) is 25.9. The van der Waals surface area contributed by atoms with E-state index in [4.69, 9.17) is 16.3 Å². The van der Waals surface area contributed by atoms with Gasteiger partial charge in [-0.15, -0.1) is 0 Å². The lowest BCUT2D eigenvalue weighted by Crippen LogP contribution is -2.40. The van der Waals surface area contributed by atoms with E-state index in [9.17, 15) is 9.59 Å². The minimum atomic E-state index is -0.219. The molecular formula is C25H21ClN2O3. The number of allylic oxidation sites excluding steroid dienone is 2. The van der Waals surface area contributed by atoms with Gasteiger partial charge in [0.2, 0.25) is 0 Å². The van der Waals surface area contributed by atoms with Crippen LogP contribution in [0.2, 0.25) is 5.02 Å². The number of benzene rings is 2. The minimum absolute atomic E-state index is 0.143. The van der Waals surface area contributed by atoms with Gasteiger partial charge in [-0.25, -0.2) is 0 Å². The molecule has 3 fully saturated rings. The summed E-state index contributed by atoms with van der Waals surface area (Å²) in [5.74, 6) is 1.60. The van der Waals surface area contributed by atoms with Crippen LogP contribution in [0.4, 0.5) is 0 Å². The molecule has 1 aliphatic heterocycles. The molecule has 0 radical (unpaired) electrons. The zero-order chi connectivity index (χ0) is 21.1. The molecule has 7 rings (SSSR count). The number of nitrogens with zero attached hydrogens (tertiary/aromatic N) is 2. The van der Waals surface area contributed by atoms with Crippen molar-refractivity contribution in [3.8, 4) is 5.75 Å². The van der Waals surface area contributed by atoms with Crippen LogP contribution in [-0.4, -0.2) is 23.0 Å². The summed E-state index contributed by atoms with van der Waals surface area (Å²) >= 11 is 6.16. The van der Waals surface area contributed by atoms with Gasteiger partial charge < -0.3 is 4.74 Å². The average molecular weight is 433 g/mol. The summed E-state index contributed by atoms with van der Waals surface area (Å²) in [6.07, 6.45) is 7.06. The highest BCUT2D eigenvalue weighted by atomic mass is 35.5. The molecule has 1 heterocycles. The fourth-order valence-electron chi connectivity index (χ4n) is 5.61. The van der Waals surface area contributed by atoms with Gasteiger partial charge in [-0.05, 0) is 66.0 Å². The summed E-state index contributed by atoms with van der Waals surface area (Å²) in [6.45, 7) is 0.380. The maximum absolute atomic E-state index is 13.0. The number of hydrogen-bond acceptors (Lipinski definition) is 4. The third-order valence-corrected chi connectivity index (χ3v) is 7.56. The van der Waals surface area contributed by atoms with Crippen molar-refractivity contribution in [1.29, 1.82) is 0 Å². The van der Waals surface area contributed by atoms with Crippen molar-refractivity contribution >= 4 is 29.6 Å². The topological polar surface area (TPSA) is 59.0 Å². The third kappa shape index (κ3) is 3.02.